The topological polar surface area (TPSA) is 24.3 Å². The molecule has 0 atom stereocenters. The summed E-state index contributed by atoms with van der Waals surface area (Å²) in [5, 5.41) is 6.44. The van der Waals surface area contributed by atoms with Gasteiger partial charge >= 0.3 is 0 Å². The molecule has 1 aliphatic rings. The smallest absolute Gasteiger partial charge is 0.0510 e. The van der Waals surface area contributed by atoms with Gasteiger partial charge < -0.3 is 4.90 Å². The van der Waals surface area contributed by atoms with E-state index < -0.39 is 0 Å². The average Bonchev–Trinajstić information content (AvgIpc) is 2.58. The van der Waals surface area contributed by atoms with E-state index in [4.69, 9.17) is 0 Å². The second-order valence-corrected chi connectivity index (χ2v) is 3.18. The third-order valence-electron chi connectivity index (χ3n) is 2.26. The fourth-order valence-electron chi connectivity index (χ4n) is 1.43. The van der Waals surface area contributed by atoms with Crippen LogP contribution in [0.2, 0.25) is 0 Å². The van der Waals surface area contributed by atoms with Gasteiger partial charge in [0.2, 0.25) is 0 Å². The van der Waals surface area contributed by atoms with Gasteiger partial charge in [0, 0.05) is 32.4 Å². The minimum Gasteiger partial charge on any atom is -0.303 e. The van der Waals surface area contributed by atoms with Crippen molar-refractivity contribution in [1.29, 1.82) is 0 Å². The Bertz CT molecular complexity index is 223. The third-order valence-corrected chi connectivity index (χ3v) is 2.26. The van der Waals surface area contributed by atoms with Crippen LogP contribution in [-0.4, -0.2) is 48.0 Å². The van der Waals surface area contributed by atoms with Crippen LogP contribution in [0.25, 0.3) is 0 Å². The molecule has 0 spiro atoms. The van der Waals surface area contributed by atoms with Crippen molar-refractivity contribution in [1.82, 2.24) is 14.8 Å². The lowest BCUT2D eigenvalue weighted by Crippen LogP contribution is -2.49. The first-order chi connectivity index (χ1) is 5.86. The predicted octanol–water partition coefficient (Wildman–Crippen LogP) is -0.234. The van der Waals surface area contributed by atoms with Crippen LogP contribution in [0.3, 0.4) is 0 Å². The minimum atomic E-state index is 1.07. The summed E-state index contributed by atoms with van der Waals surface area (Å²) in [6.45, 7) is 4.38. The average molecular weight is 166 g/mol. The van der Waals surface area contributed by atoms with Crippen molar-refractivity contribution in [3.05, 3.63) is 18.5 Å². The molecule has 0 aliphatic carbocycles. The third kappa shape index (κ3) is 1.43. The lowest BCUT2D eigenvalue weighted by molar-refractivity contribution is 0.281. The van der Waals surface area contributed by atoms with Crippen molar-refractivity contribution >= 4 is 0 Å². The van der Waals surface area contributed by atoms with E-state index in [1.165, 1.54) is 0 Å². The van der Waals surface area contributed by atoms with Crippen LogP contribution in [0.4, 0.5) is 0 Å². The monoisotopic (exact) mass is 166 g/mol. The van der Waals surface area contributed by atoms with Gasteiger partial charge in [-0.3, -0.25) is 5.01 Å². The molecular weight excluding hydrogens is 152 g/mol. The number of aromatic nitrogens is 2. The van der Waals surface area contributed by atoms with Gasteiger partial charge in [0.25, 0.3) is 0 Å². The van der Waals surface area contributed by atoms with Gasteiger partial charge in [-0.2, -0.15) is 9.89 Å². The summed E-state index contributed by atoms with van der Waals surface area (Å²) in [6, 6.07) is 1.96. The highest BCUT2D eigenvalue weighted by atomic mass is 15.7. The highest BCUT2D eigenvalue weighted by Crippen LogP contribution is 1.97. The molecule has 1 aromatic rings. The Balaban J connectivity index is 1.99. The quantitative estimate of drug-likeness (QED) is 0.576. The maximum Gasteiger partial charge on any atom is 0.0510 e. The first-order valence-corrected chi connectivity index (χ1v) is 4.30. The molecule has 0 N–H and O–H groups in total. The highest BCUT2D eigenvalue weighted by molar-refractivity contribution is 4.92. The van der Waals surface area contributed by atoms with Gasteiger partial charge in [0.15, 0.2) is 0 Å². The number of likely N-dealkylation sites (N-methyl/N-ethyl adjacent to an activating group) is 1. The molecule has 1 aliphatic heterocycles. The molecule has 4 heteroatoms. The van der Waals surface area contributed by atoms with E-state index in [1.54, 1.807) is 0 Å². The summed E-state index contributed by atoms with van der Waals surface area (Å²) in [5.41, 5.74) is 0. The largest absolute Gasteiger partial charge is 0.303 e. The van der Waals surface area contributed by atoms with Gasteiger partial charge in [-0.25, -0.2) is 0 Å². The molecule has 4 nitrogen and oxygen atoms in total. The van der Waals surface area contributed by atoms with Crippen molar-refractivity contribution in [2.24, 2.45) is 0 Å². The number of hydrogen-bond donors (Lipinski definition) is 0. The highest BCUT2D eigenvalue weighted by Gasteiger charge is 2.13. The molecule has 2 heterocycles. The van der Waals surface area contributed by atoms with Crippen molar-refractivity contribution < 1.29 is 0 Å². The molecule has 0 bridgehead atoms. The van der Waals surface area contributed by atoms with Gasteiger partial charge in [-0.1, -0.05) is 0 Å². The Labute approximate surface area is 72.3 Å². The Morgan fingerprint density at radius 2 is 1.92 bits per heavy atom. The Kier molecular flexibility index (Phi) is 1.99. The molecule has 1 fully saturated rings. The van der Waals surface area contributed by atoms with E-state index in [-0.39, 0.29) is 0 Å². The Morgan fingerprint density at radius 1 is 1.17 bits per heavy atom. The summed E-state index contributed by atoms with van der Waals surface area (Å²) in [5.74, 6) is 0. The molecule has 1 saturated heterocycles. The van der Waals surface area contributed by atoms with E-state index in [0.717, 1.165) is 26.2 Å². The van der Waals surface area contributed by atoms with Gasteiger partial charge in [0.1, 0.15) is 0 Å². The first kappa shape index (κ1) is 7.61. The summed E-state index contributed by atoms with van der Waals surface area (Å²) in [6.07, 6.45) is 3.81. The standard InChI is InChI=1S/C8H14N4/c1-10-5-7-11(8-6-10)12-4-2-3-9-12/h2-4H,5-8H2,1H3. The van der Waals surface area contributed by atoms with Crippen molar-refractivity contribution in [3.63, 3.8) is 0 Å². The Hall–Kier alpha value is -1.03. The number of nitrogens with zero attached hydrogens (tertiary/aromatic N) is 4. The Morgan fingerprint density at radius 3 is 2.50 bits per heavy atom. The van der Waals surface area contributed by atoms with Crippen LogP contribution in [0, 0.1) is 0 Å². The van der Waals surface area contributed by atoms with Crippen molar-refractivity contribution in [2.45, 2.75) is 0 Å². The maximum absolute atomic E-state index is 4.19. The van der Waals surface area contributed by atoms with Crippen LogP contribution in [0.5, 0.6) is 0 Å². The summed E-state index contributed by atoms with van der Waals surface area (Å²) >= 11 is 0. The molecule has 1 aromatic heterocycles. The lowest BCUT2D eigenvalue weighted by atomic mass is 10.4. The SMILES string of the molecule is CN1CCN(n2cccn2)CC1. The number of piperazine rings is 1. The normalized spacial score (nSPS) is 19.9. The van der Waals surface area contributed by atoms with E-state index in [0.29, 0.717) is 0 Å². The second kappa shape index (κ2) is 3.15. The molecule has 0 aromatic carbocycles. The summed E-state index contributed by atoms with van der Waals surface area (Å²) in [7, 11) is 2.15. The van der Waals surface area contributed by atoms with Crippen LogP contribution < -0.4 is 5.01 Å². The van der Waals surface area contributed by atoms with E-state index >= 15 is 0 Å². The zero-order chi connectivity index (χ0) is 8.39. The van der Waals surface area contributed by atoms with E-state index in [1.807, 2.05) is 23.3 Å². The van der Waals surface area contributed by atoms with Gasteiger partial charge in [-0.05, 0) is 13.1 Å². The maximum atomic E-state index is 4.19. The predicted molar refractivity (Wildman–Crippen MR) is 47.7 cm³/mol. The molecule has 12 heavy (non-hydrogen) atoms. The fraction of sp³-hybridized carbons (Fsp3) is 0.625. The molecule has 2 rings (SSSR count). The van der Waals surface area contributed by atoms with Crippen LogP contribution >= 0.6 is 0 Å². The van der Waals surface area contributed by atoms with Gasteiger partial charge in [-0.15, -0.1) is 0 Å². The second-order valence-electron chi connectivity index (χ2n) is 3.18. The van der Waals surface area contributed by atoms with Crippen LogP contribution in [-0.2, 0) is 0 Å². The summed E-state index contributed by atoms with van der Waals surface area (Å²) < 4.78 is 0. The molecule has 0 amide bonds. The van der Waals surface area contributed by atoms with Crippen LogP contribution in [0.15, 0.2) is 18.5 Å². The molecule has 0 saturated carbocycles. The van der Waals surface area contributed by atoms with E-state index in [2.05, 4.69) is 22.1 Å². The molecule has 0 unspecified atom stereocenters. The fourth-order valence-corrected chi connectivity index (χ4v) is 1.43. The molecule has 66 valence electrons. The zero-order valence-corrected chi connectivity index (χ0v) is 7.35. The first-order valence-electron chi connectivity index (χ1n) is 4.30. The molecule has 0 radical (unpaired) electrons. The summed E-state index contributed by atoms with van der Waals surface area (Å²) in [4.78, 5) is 4.26. The van der Waals surface area contributed by atoms with Crippen molar-refractivity contribution in [2.75, 3.05) is 38.2 Å². The number of rotatable bonds is 1. The van der Waals surface area contributed by atoms with Crippen molar-refractivity contribution in [3.8, 4) is 0 Å². The number of hydrogen-bond acceptors (Lipinski definition) is 3. The lowest BCUT2D eigenvalue weighted by Gasteiger charge is -2.33. The zero-order valence-electron chi connectivity index (χ0n) is 7.35. The van der Waals surface area contributed by atoms with E-state index in [9.17, 15) is 0 Å². The van der Waals surface area contributed by atoms with Crippen LogP contribution in [0.1, 0.15) is 0 Å². The van der Waals surface area contributed by atoms with Gasteiger partial charge in [0.05, 0.1) is 6.20 Å². The molecular formula is C8H14N4. The minimum absolute atomic E-state index is 1.07.